The van der Waals surface area contributed by atoms with Gasteiger partial charge in [-0.1, -0.05) is 62.4 Å². The topological polar surface area (TPSA) is 131 Å². The predicted molar refractivity (Wildman–Crippen MR) is 167 cm³/mol. The van der Waals surface area contributed by atoms with E-state index in [9.17, 15) is 24.6 Å². The van der Waals surface area contributed by atoms with Crippen LogP contribution in [0.4, 0.5) is 4.79 Å². The van der Waals surface area contributed by atoms with Gasteiger partial charge in [0.1, 0.15) is 23.4 Å². The zero-order chi connectivity index (χ0) is 33.0. The Morgan fingerprint density at radius 3 is 2.02 bits per heavy atom. The number of aliphatic hydroxyl groups is 2. The summed E-state index contributed by atoms with van der Waals surface area (Å²) in [5.74, 6) is -2.09. The van der Waals surface area contributed by atoms with E-state index >= 15 is 0 Å². The van der Waals surface area contributed by atoms with Crippen LogP contribution in [0.3, 0.4) is 0 Å². The number of rotatable bonds is 9. The molecule has 0 bridgehead atoms. The lowest BCUT2D eigenvalue weighted by Gasteiger charge is -2.53. The largest absolute Gasteiger partial charge is 0.457 e. The van der Waals surface area contributed by atoms with Crippen molar-refractivity contribution < 1.29 is 38.8 Å². The monoisotopic (exact) mass is 609 g/mol. The number of hydrogen-bond acceptors (Lipinski definition) is 8. The Kier molecular flexibility index (Phi) is 10.7. The SMILES string of the molecule is CC1=C(C(C)O)C(C)(C)C(O)([C@H](C)OC(=O)c2ccccc2)C[C@@H]1OC(=O)[C@H](C)[C@@H](NC(=O)OC(C)(C)C)c1ccccc1. The third kappa shape index (κ3) is 7.68. The van der Waals surface area contributed by atoms with Crippen molar-refractivity contribution in [1.82, 2.24) is 5.32 Å². The maximum atomic E-state index is 13.8. The smallest absolute Gasteiger partial charge is 0.408 e. The van der Waals surface area contributed by atoms with E-state index in [-0.39, 0.29) is 6.42 Å². The molecule has 9 heteroatoms. The molecule has 0 saturated carbocycles. The second kappa shape index (κ2) is 13.5. The minimum absolute atomic E-state index is 0.0841. The second-order valence-electron chi connectivity index (χ2n) is 13.2. The highest BCUT2D eigenvalue weighted by Crippen LogP contribution is 2.51. The Labute approximate surface area is 260 Å². The molecule has 2 aromatic carbocycles. The van der Waals surface area contributed by atoms with Crippen LogP contribution in [0.5, 0.6) is 0 Å². The van der Waals surface area contributed by atoms with E-state index in [1.54, 1.807) is 117 Å². The van der Waals surface area contributed by atoms with Gasteiger partial charge in [0.05, 0.1) is 23.6 Å². The normalized spacial score (nSPS) is 22.7. The number of ether oxygens (including phenoxy) is 3. The first-order valence-electron chi connectivity index (χ1n) is 15.0. The quantitative estimate of drug-likeness (QED) is 0.182. The maximum absolute atomic E-state index is 13.8. The lowest BCUT2D eigenvalue weighted by molar-refractivity contribution is -0.177. The lowest BCUT2D eigenvalue weighted by atomic mass is 9.58. The molecule has 0 aliphatic heterocycles. The number of amides is 1. The van der Waals surface area contributed by atoms with Crippen LogP contribution in [0.1, 0.15) is 90.7 Å². The van der Waals surface area contributed by atoms with Gasteiger partial charge in [-0.15, -0.1) is 0 Å². The Morgan fingerprint density at radius 2 is 1.50 bits per heavy atom. The second-order valence-corrected chi connectivity index (χ2v) is 13.2. The van der Waals surface area contributed by atoms with Crippen LogP contribution in [-0.4, -0.2) is 57.8 Å². The van der Waals surface area contributed by atoms with Gasteiger partial charge < -0.3 is 29.7 Å². The summed E-state index contributed by atoms with van der Waals surface area (Å²) in [4.78, 5) is 39.4. The summed E-state index contributed by atoms with van der Waals surface area (Å²) >= 11 is 0. The van der Waals surface area contributed by atoms with Gasteiger partial charge in [0.15, 0.2) is 0 Å². The maximum Gasteiger partial charge on any atom is 0.408 e. The lowest BCUT2D eigenvalue weighted by Crippen LogP contribution is -2.61. The number of alkyl carbamates (subject to hydrolysis) is 1. The van der Waals surface area contributed by atoms with Crippen molar-refractivity contribution in [3.05, 3.63) is 82.9 Å². The molecular weight excluding hydrogens is 562 g/mol. The summed E-state index contributed by atoms with van der Waals surface area (Å²) < 4.78 is 17.3. The van der Waals surface area contributed by atoms with Crippen LogP contribution in [0, 0.1) is 11.3 Å². The zero-order valence-corrected chi connectivity index (χ0v) is 27.2. The predicted octanol–water partition coefficient (Wildman–Crippen LogP) is 5.90. The Bertz CT molecular complexity index is 1350. The first kappa shape index (κ1) is 34.8. The van der Waals surface area contributed by atoms with E-state index in [4.69, 9.17) is 14.2 Å². The van der Waals surface area contributed by atoms with Gasteiger partial charge in [0, 0.05) is 11.8 Å². The highest BCUT2D eigenvalue weighted by atomic mass is 16.6. The fraction of sp³-hybridized carbons (Fsp3) is 0.514. The molecule has 6 atom stereocenters. The van der Waals surface area contributed by atoms with Gasteiger partial charge in [-0.25, -0.2) is 9.59 Å². The van der Waals surface area contributed by atoms with Gasteiger partial charge in [-0.3, -0.25) is 4.79 Å². The minimum atomic E-state index is -1.72. The minimum Gasteiger partial charge on any atom is -0.457 e. The van der Waals surface area contributed by atoms with Crippen molar-refractivity contribution in [2.75, 3.05) is 0 Å². The molecule has 0 spiro atoms. The molecule has 0 aromatic heterocycles. The third-order valence-corrected chi connectivity index (χ3v) is 8.50. The summed E-state index contributed by atoms with van der Waals surface area (Å²) in [5, 5.41) is 25.9. The summed E-state index contributed by atoms with van der Waals surface area (Å²) in [6, 6.07) is 16.7. The molecule has 2 unspecified atom stereocenters. The Morgan fingerprint density at radius 1 is 0.955 bits per heavy atom. The van der Waals surface area contributed by atoms with Crippen molar-refractivity contribution in [1.29, 1.82) is 0 Å². The summed E-state index contributed by atoms with van der Waals surface area (Å²) in [6.45, 7) is 15.4. The van der Waals surface area contributed by atoms with E-state index in [0.29, 0.717) is 22.3 Å². The van der Waals surface area contributed by atoms with Crippen LogP contribution in [-0.2, 0) is 19.0 Å². The summed E-state index contributed by atoms with van der Waals surface area (Å²) in [7, 11) is 0. The molecule has 2 aromatic rings. The van der Waals surface area contributed by atoms with Crippen LogP contribution < -0.4 is 5.32 Å². The number of benzene rings is 2. The van der Waals surface area contributed by atoms with E-state index in [1.165, 1.54) is 0 Å². The molecule has 240 valence electrons. The van der Waals surface area contributed by atoms with E-state index in [1.807, 2.05) is 6.07 Å². The van der Waals surface area contributed by atoms with Crippen molar-refractivity contribution in [3.8, 4) is 0 Å². The third-order valence-electron chi connectivity index (χ3n) is 8.50. The zero-order valence-electron chi connectivity index (χ0n) is 27.2. The molecule has 0 heterocycles. The van der Waals surface area contributed by atoms with Gasteiger partial charge in [0.25, 0.3) is 0 Å². The first-order valence-corrected chi connectivity index (χ1v) is 15.0. The van der Waals surface area contributed by atoms with E-state index < -0.39 is 64.9 Å². The van der Waals surface area contributed by atoms with Crippen molar-refractivity contribution in [2.24, 2.45) is 11.3 Å². The van der Waals surface area contributed by atoms with Crippen molar-refractivity contribution in [2.45, 2.75) is 104 Å². The molecule has 44 heavy (non-hydrogen) atoms. The molecule has 3 N–H and O–H groups in total. The number of esters is 2. The Hall–Kier alpha value is -3.69. The van der Waals surface area contributed by atoms with Gasteiger partial charge in [0.2, 0.25) is 0 Å². The fourth-order valence-electron chi connectivity index (χ4n) is 6.12. The van der Waals surface area contributed by atoms with Gasteiger partial charge in [-0.05, 0) is 77.3 Å². The molecule has 0 fully saturated rings. The molecule has 1 aliphatic rings. The molecule has 0 radical (unpaired) electrons. The average Bonchev–Trinajstić information content (AvgIpc) is 2.93. The fourth-order valence-corrected chi connectivity index (χ4v) is 6.12. The standard InChI is InChI=1S/C35H47NO8/c1-21-27(43-30(38)22(2)29(25-16-12-10-13-17-25)36-32(40)44-33(5,6)7)20-35(41,34(8,9)28(21)23(3)37)24(4)42-31(39)26-18-14-11-15-19-26/h10-19,22-24,27,29,37,41H,20H2,1-9H3,(H,36,40)/t22-,23?,24+,27+,29-,35?/m1/s1. The number of carbonyl (C=O) groups is 3. The molecule has 3 rings (SSSR count). The van der Waals surface area contributed by atoms with E-state index in [2.05, 4.69) is 5.32 Å². The number of aliphatic hydroxyl groups excluding tert-OH is 1. The molecule has 0 saturated heterocycles. The van der Waals surface area contributed by atoms with Crippen LogP contribution in [0.25, 0.3) is 0 Å². The van der Waals surface area contributed by atoms with Crippen LogP contribution in [0.2, 0.25) is 0 Å². The van der Waals surface area contributed by atoms with Gasteiger partial charge in [-0.2, -0.15) is 0 Å². The molecule has 9 nitrogen and oxygen atoms in total. The highest BCUT2D eigenvalue weighted by Gasteiger charge is 2.57. The highest BCUT2D eigenvalue weighted by molar-refractivity contribution is 5.89. The summed E-state index contributed by atoms with van der Waals surface area (Å²) in [6.07, 6.45) is -3.72. The number of carbonyl (C=O) groups excluding carboxylic acids is 3. The molecule has 1 aliphatic carbocycles. The van der Waals surface area contributed by atoms with Crippen LogP contribution >= 0.6 is 0 Å². The van der Waals surface area contributed by atoms with Gasteiger partial charge >= 0.3 is 18.0 Å². The van der Waals surface area contributed by atoms with Crippen LogP contribution in [0.15, 0.2) is 71.8 Å². The Balaban J connectivity index is 1.93. The molecule has 1 amide bonds. The number of hydrogen-bond donors (Lipinski definition) is 3. The summed E-state index contributed by atoms with van der Waals surface area (Å²) in [5.41, 5.74) is -1.40. The first-order chi connectivity index (χ1) is 20.4. The average molecular weight is 610 g/mol. The van der Waals surface area contributed by atoms with Crippen molar-refractivity contribution in [3.63, 3.8) is 0 Å². The number of nitrogens with one attached hydrogen (secondary N) is 1. The molecular formula is C35H47NO8. The van der Waals surface area contributed by atoms with Crippen molar-refractivity contribution >= 4 is 18.0 Å². The van der Waals surface area contributed by atoms with E-state index in [0.717, 1.165) is 0 Å².